The highest BCUT2D eigenvalue weighted by atomic mass is 16.4. The number of rotatable bonds is 5. The van der Waals surface area contributed by atoms with Gasteiger partial charge in [-0.15, -0.1) is 0 Å². The third-order valence-electron chi connectivity index (χ3n) is 2.28. The van der Waals surface area contributed by atoms with Gasteiger partial charge in [-0.25, -0.2) is 0 Å². The van der Waals surface area contributed by atoms with Crippen molar-refractivity contribution in [3.05, 3.63) is 42.0 Å². The average Bonchev–Trinajstić information content (AvgIpc) is 2.27. The van der Waals surface area contributed by atoms with E-state index in [1.54, 1.807) is 30.3 Å². The molecule has 16 heavy (non-hydrogen) atoms. The van der Waals surface area contributed by atoms with Crippen LogP contribution in [0.25, 0.3) is 6.08 Å². The molecule has 1 aromatic rings. The van der Waals surface area contributed by atoms with Crippen LogP contribution in [0.4, 0.5) is 0 Å². The van der Waals surface area contributed by atoms with Gasteiger partial charge in [0.1, 0.15) is 6.10 Å². The van der Waals surface area contributed by atoms with Crippen molar-refractivity contribution >= 4 is 12.0 Å². The molecule has 4 heteroatoms. The van der Waals surface area contributed by atoms with Crippen molar-refractivity contribution in [1.82, 2.24) is 0 Å². The van der Waals surface area contributed by atoms with Gasteiger partial charge in [-0.1, -0.05) is 36.9 Å². The molecule has 4 nitrogen and oxygen atoms in total. The highest BCUT2D eigenvalue weighted by molar-refractivity contribution is 5.67. The molecule has 0 bridgehead atoms. The fraction of sp³-hybridized carbons (Fsp3) is 0.250. The molecule has 0 spiro atoms. The molecule has 0 amide bonds. The number of aliphatic carboxylic acids is 1. The highest BCUT2D eigenvalue weighted by Crippen LogP contribution is 2.23. The topological polar surface area (TPSA) is 77.8 Å². The molecule has 0 aliphatic heterocycles. The van der Waals surface area contributed by atoms with Crippen molar-refractivity contribution < 1.29 is 20.1 Å². The first-order valence-corrected chi connectivity index (χ1v) is 4.85. The van der Waals surface area contributed by atoms with Gasteiger partial charge in [-0.3, -0.25) is 4.79 Å². The zero-order valence-corrected chi connectivity index (χ0v) is 8.71. The summed E-state index contributed by atoms with van der Waals surface area (Å²) >= 11 is 0. The van der Waals surface area contributed by atoms with Crippen LogP contribution in [0.1, 0.15) is 23.7 Å². The number of aliphatic hydroxyl groups excluding tert-OH is 2. The molecule has 2 atom stereocenters. The van der Waals surface area contributed by atoms with Crippen LogP contribution in [-0.2, 0) is 4.79 Å². The summed E-state index contributed by atoms with van der Waals surface area (Å²) in [6.45, 7) is 3.59. The van der Waals surface area contributed by atoms with Gasteiger partial charge in [-0.05, 0) is 11.1 Å². The minimum Gasteiger partial charge on any atom is -0.481 e. The van der Waals surface area contributed by atoms with E-state index in [2.05, 4.69) is 6.58 Å². The van der Waals surface area contributed by atoms with Crippen LogP contribution < -0.4 is 0 Å². The largest absolute Gasteiger partial charge is 0.481 e. The summed E-state index contributed by atoms with van der Waals surface area (Å²) in [4.78, 5) is 10.4. The van der Waals surface area contributed by atoms with Crippen LogP contribution in [0.15, 0.2) is 30.8 Å². The first-order valence-electron chi connectivity index (χ1n) is 4.85. The van der Waals surface area contributed by atoms with Crippen LogP contribution in [0, 0.1) is 0 Å². The molecule has 0 saturated heterocycles. The van der Waals surface area contributed by atoms with Crippen LogP contribution in [0.2, 0.25) is 0 Å². The molecule has 0 heterocycles. The van der Waals surface area contributed by atoms with Crippen molar-refractivity contribution in [2.45, 2.75) is 18.6 Å². The molecular weight excluding hydrogens is 208 g/mol. The average molecular weight is 222 g/mol. The van der Waals surface area contributed by atoms with Gasteiger partial charge in [0.2, 0.25) is 0 Å². The third-order valence-corrected chi connectivity index (χ3v) is 2.28. The van der Waals surface area contributed by atoms with Gasteiger partial charge < -0.3 is 15.3 Å². The molecule has 0 fully saturated rings. The van der Waals surface area contributed by atoms with E-state index in [0.717, 1.165) is 0 Å². The van der Waals surface area contributed by atoms with E-state index in [1.165, 1.54) is 0 Å². The highest BCUT2D eigenvalue weighted by Gasteiger charge is 2.22. The number of carboxylic acid groups (broad SMARTS) is 1. The Morgan fingerprint density at radius 3 is 2.56 bits per heavy atom. The van der Waals surface area contributed by atoms with E-state index in [4.69, 9.17) is 5.11 Å². The van der Waals surface area contributed by atoms with Crippen molar-refractivity contribution in [3.8, 4) is 0 Å². The van der Waals surface area contributed by atoms with Crippen molar-refractivity contribution in [2.24, 2.45) is 0 Å². The van der Waals surface area contributed by atoms with Gasteiger partial charge in [0.05, 0.1) is 12.5 Å². The van der Waals surface area contributed by atoms with E-state index >= 15 is 0 Å². The SMILES string of the molecule is C=Cc1ccccc1C(O)C(O)CC(=O)O. The Hall–Kier alpha value is -1.65. The lowest BCUT2D eigenvalue weighted by Crippen LogP contribution is -2.22. The Labute approximate surface area is 93.5 Å². The second-order valence-corrected chi connectivity index (χ2v) is 3.44. The second kappa shape index (κ2) is 5.44. The van der Waals surface area contributed by atoms with Gasteiger partial charge in [0.25, 0.3) is 0 Å². The van der Waals surface area contributed by atoms with Crippen LogP contribution in [-0.4, -0.2) is 27.4 Å². The summed E-state index contributed by atoms with van der Waals surface area (Å²) in [5.74, 6) is -1.15. The first-order chi connectivity index (χ1) is 7.56. The van der Waals surface area contributed by atoms with E-state index in [0.29, 0.717) is 11.1 Å². The Morgan fingerprint density at radius 1 is 1.38 bits per heavy atom. The first kappa shape index (κ1) is 12.4. The summed E-state index contributed by atoms with van der Waals surface area (Å²) in [5.41, 5.74) is 1.16. The fourth-order valence-corrected chi connectivity index (χ4v) is 1.46. The fourth-order valence-electron chi connectivity index (χ4n) is 1.46. The number of aliphatic hydroxyl groups is 2. The van der Waals surface area contributed by atoms with Crippen LogP contribution in [0.5, 0.6) is 0 Å². The molecule has 2 unspecified atom stereocenters. The zero-order valence-electron chi connectivity index (χ0n) is 8.71. The van der Waals surface area contributed by atoms with Crippen molar-refractivity contribution in [1.29, 1.82) is 0 Å². The van der Waals surface area contributed by atoms with E-state index in [-0.39, 0.29) is 0 Å². The number of carboxylic acids is 1. The quantitative estimate of drug-likeness (QED) is 0.699. The monoisotopic (exact) mass is 222 g/mol. The summed E-state index contributed by atoms with van der Waals surface area (Å²) in [5, 5.41) is 27.8. The predicted octanol–water partition coefficient (Wildman–Crippen LogP) is 1.20. The summed E-state index contributed by atoms with van der Waals surface area (Å²) in [7, 11) is 0. The Balaban J connectivity index is 2.90. The normalized spacial score (nSPS) is 14.1. The Bertz CT molecular complexity index is 386. The molecular formula is C12H14O4. The Kier molecular flexibility index (Phi) is 4.22. The van der Waals surface area contributed by atoms with Gasteiger partial charge in [0, 0.05) is 0 Å². The van der Waals surface area contributed by atoms with Gasteiger partial charge >= 0.3 is 5.97 Å². The minimum atomic E-state index is -1.32. The molecule has 0 aliphatic carbocycles. The number of hydrogen-bond donors (Lipinski definition) is 3. The summed E-state index contributed by atoms with van der Waals surface area (Å²) in [6, 6.07) is 6.85. The molecule has 1 aromatic carbocycles. The maximum absolute atomic E-state index is 10.4. The van der Waals surface area contributed by atoms with Crippen molar-refractivity contribution in [2.75, 3.05) is 0 Å². The second-order valence-electron chi connectivity index (χ2n) is 3.44. The third kappa shape index (κ3) is 2.92. The summed E-state index contributed by atoms with van der Waals surface area (Å²) < 4.78 is 0. The minimum absolute atomic E-state index is 0.478. The number of hydrogen-bond acceptors (Lipinski definition) is 3. The lowest BCUT2D eigenvalue weighted by molar-refractivity contribution is -0.141. The number of benzene rings is 1. The lowest BCUT2D eigenvalue weighted by atomic mass is 9.97. The maximum Gasteiger partial charge on any atom is 0.306 e. The Morgan fingerprint density at radius 2 is 2.00 bits per heavy atom. The molecule has 0 saturated carbocycles. The van der Waals surface area contributed by atoms with E-state index < -0.39 is 24.6 Å². The van der Waals surface area contributed by atoms with E-state index in [9.17, 15) is 15.0 Å². The smallest absolute Gasteiger partial charge is 0.306 e. The zero-order chi connectivity index (χ0) is 12.1. The molecule has 0 aliphatic rings. The van der Waals surface area contributed by atoms with Crippen LogP contribution in [0.3, 0.4) is 0 Å². The molecule has 3 N–H and O–H groups in total. The van der Waals surface area contributed by atoms with E-state index in [1.807, 2.05) is 0 Å². The standard InChI is InChI=1S/C12H14O4/c1-2-8-5-3-4-6-9(8)12(16)10(13)7-11(14)15/h2-6,10,12-13,16H,1,7H2,(H,14,15). The predicted molar refractivity (Wildman–Crippen MR) is 59.8 cm³/mol. The number of carbonyl (C=O) groups is 1. The van der Waals surface area contributed by atoms with Crippen molar-refractivity contribution in [3.63, 3.8) is 0 Å². The summed E-state index contributed by atoms with van der Waals surface area (Å²) in [6.07, 6.45) is -1.48. The van der Waals surface area contributed by atoms with Gasteiger partial charge in [-0.2, -0.15) is 0 Å². The maximum atomic E-state index is 10.4. The lowest BCUT2D eigenvalue weighted by Gasteiger charge is -2.18. The molecule has 0 aromatic heterocycles. The molecule has 86 valence electrons. The molecule has 0 radical (unpaired) electrons. The van der Waals surface area contributed by atoms with Crippen LogP contribution >= 0.6 is 0 Å². The molecule has 1 rings (SSSR count). The van der Waals surface area contributed by atoms with Gasteiger partial charge in [0.15, 0.2) is 0 Å².